The van der Waals surface area contributed by atoms with E-state index in [0.717, 1.165) is 0 Å². The van der Waals surface area contributed by atoms with Crippen LogP contribution in [-0.4, -0.2) is 36.4 Å². The molecule has 0 saturated carbocycles. The predicted molar refractivity (Wildman–Crippen MR) is 75.5 cm³/mol. The number of phenolic OH excluding ortho intramolecular Hbond substituents is 2. The molecule has 0 amide bonds. The molecule has 0 saturated heterocycles. The van der Waals surface area contributed by atoms with Gasteiger partial charge < -0.3 is 20.2 Å². The van der Waals surface area contributed by atoms with Crippen molar-refractivity contribution < 1.29 is 10.2 Å². The maximum Gasteiger partial charge on any atom is 0.276 e. The first-order valence-electron chi connectivity index (χ1n) is 5.88. The Bertz CT molecular complexity index is 882. The van der Waals surface area contributed by atoms with E-state index in [2.05, 4.69) is 30.5 Å². The minimum absolute atomic E-state index is 0.0415. The van der Waals surface area contributed by atoms with Crippen LogP contribution >= 0.6 is 0 Å². The van der Waals surface area contributed by atoms with Gasteiger partial charge in [-0.25, -0.2) is 10.4 Å². The maximum absolute atomic E-state index is 11.5. The lowest BCUT2D eigenvalue weighted by molar-refractivity contribution is 0.450. The molecule has 3 aromatic rings. The molecule has 2 aromatic heterocycles. The van der Waals surface area contributed by atoms with Crippen molar-refractivity contribution in [1.29, 1.82) is 0 Å². The minimum Gasteiger partial charge on any atom is -0.508 e. The number of aromatic hydroxyl groups is 2. The summed E-state index contributed by atoms with van der Waals surface area (Å²) in [5.41, 5.74) is 3.17. The van der Waals surface area contributed by atoms with Gasteiger partial charge in [0.25, 0.3) is 5.56 Å². The van der Waals surface area contributed by atoms with E-state index in [4.69, 9.17) is 0 Å². The Hall–Kier alpha value is -3.36. The second-order valence-corrected chi connectivity index (χ2v) is 4.13. The summed E-state index contributed by atoms with van der Waals surface area (Å²) in [6, 6.07) is 4.12. The van der Waals surface area contributed by atoms with Crippen molar-refractivity contribution >= 4 is 23.3 Å². The minimum atomic E-state index is -0.333. The highest BCUT2D eigenvalue weighted by Crippen LogP contribution is 2.20. The summed E-state index contributed by atoms with van der Waals surface area (Å²) in [7, 11) is 0. The van der Waals surface area contributed by atoms with Crippen LogP contribution in [0.3, 0.4) is 0 Å². The molecule has 0 aliphatic carbocycles. The summed E-state index contributed by atoms with van der Waals surface area (Å²) in [4.78, 5) is 24.5. The zero-order valence-electron chi connectivity index (χ0n) is 10.5. The highest BCUT2D eigenvalue weighted by Gasteiger charge is 2.05. The Morgan fingerprint density at radius 3 is 2.95 bits per heavy atom. The molecule has 0 bridgehead atoms. The Labute approximate surface area is 117 Å². The predicted octanol–water partition coefficient (Wildman–Crippen LogP) is 0.503. The number of benzene rings is 1. The molecule has 0 aliphatic rings. The van der Waals surface area contributed by atoms with Crippen LogP contribution in [0.2, 0.25) is 0 Å². The van der Waals surface area contributed by atoms with E-state index in [0.29, 0.717) is 5.56 Å². The molecule has 0 unspecified atom stereocenters. The summed E-state index contributed by atoms with van der Waals surface area (Å²) in [5, 5.41) is 22.6. The highest BCUT2D eigenvalue weighted by atomic mass is 16.3. The lowest BCUT2D eigenvalue weighted by Crippen LogP contribution is -2.05. The monoisotopic (exact) mass is 286 g/mol. The average Bonchev–Trinajstić information content (AvgIpc) is 2.86. The number of hydrogen-bond acceptors (Lipinski definition) is 7. The van der Waals surface area contributed by atoms with Gasteiger partial charge in [-0.2, -0.15) is 10.1 Å². The summed E-state index contributed by atoms with van der Waals surface area (Å²) in [6.07, 6.45) is 2.60. The van der Waals surface area contributed by atoms with Gasteiger partial charge in [-0.1, -0.05) is 0 Å². The number of imidazole rings is 1. The van der Waals surface area contributed by atoms with Crippen LogP contribution in [0.5, 0.6) is 11.5 Å². The fourth-order valence-corrected chi connectivity index (χ4v) is 1.70. The Kier molecular flexibility index (Phi) is 2.99. The van der Waals surface area contributed by atoms with Gasteiger partial charge in [-0.05, 0) is 12.1 Å². The SMILES string of the molecule is O=c1[nH]cnc2nc(NN=Cc3ccc(O)cc3O)[nH]c12. The van der Waals surface area contributed by atoms with Gasteiger partial charge in [0.15, 0.2) is 11.2 Å². The number of aromatic amines is 2. The van der Waals surface area contributed by atoms with E-state index in [9.17, 15) is 15.0 Å². The van der Waals surface area contributed by atoms with Crippen molar-refractivity contribution in [3.63, 3.8) is 0 Å². The lowest BCUT2D eigenvalue weighted by atomic mass is 10.2. The second-order valence-electron chi connectivity index (χ2n) is 4.13. The van der Waals surface area contributed by atoms with Crippen LogP contribution in [0.4, 0.5) is 5.95 Å². The van der Waals surface area contributed by atoms with Gasteiger partial charge in [0.1, 0.15) is 11.5 Å². The quantitative estimate of drug-likeness (QED) is 0.351. The molecule has 0 aliphatic heterocycles. The van der Waals surface area contributed by atoms with Crippen molar-refractivity contribution in [2.45, 2.75) is 0 Å². The highest BCUT2D eigenvalue weighted by molar-refractivity contribution is 5.84. The molecule has 0 fully saturated rings. The molecule has 5 N–H and O–H groups in total. The van der Waals surface area contributed by atoms with E-state index < -0.39 is 0 Å². The first-order valence-corrected chi connectivity index (χ1v) is 5.88. The molecule has 0 spiro atoms. The van der Waals surface area contributed by atoms with E-state index in [1.807, 2.05) is 0 Å². The molecule has 9 nitrogen and oxygen atoms in total. The van der Waals surface area contributed by atoms with Crippen LogP contribution in [0.1, 0.15) is 5.56 Å². The smallest absolute Gasteiger partial charge is 0.276 e. The molecule has 1 aromatic carbocycles. The molecule has 2 heterocycles. The van der Waals surface area contributed by atoms with Crippen molar-refractivity contribution in [2.75, 3.05) is 5.43 Å². The Morgan fingerprint density at radius 1 is 1.33 bits per heavy atom. The Morgan fingerprint density at radius 2 is 2.19 bits per heavy atom. The van der Waals surface area contributed by atoms with Crippen molar-refractivity contribution in [3.05, 3.63) is 40.4 Å². The summed E-state index contributed by atoms with van der Waals surface area (Å²) >= 11 is 0. The van der Waals surface area contributed by atoms with Gasteiger partial charge in [-0.3, -0.25) is 4.79 Å². The van der Waals surface area contributed by atoms with Crippen LogP contribution in [-0.2, 0) is 0 Å². The molecule has 3 rings (SSSR count). The van der Waals surface area contributed by atoms with Crippen LogP contribution in [0.25, 0.3) is 11.2 Å². The van der Waals surface area contributed by atoms with Gasteiger partial charge in [0, 0.05) is 11.6 Å². The zero-order chi connectivity index (χ0) is 14.8. The second kappa shape index (κ2) is 4.96. The van der Waals surface area contributed by atoms with Crippen molar-refractivity contribution in [1.82, 2.24) is 19.9 Å². The molecule has 0 radical (unpaired) electrons. The molecule has 21 heavy (non-hydrogen) atoms. The molecule has 106 valence electrons. The van der Waals surface area contributed by atoms with E-state index in [1.54, 1.807) is 0 Å². The number of anilines is 1. The number of nitrogens with zero attached hydrogens (tertiary/aromatic N) is 3. The molecular formula is C12H10N6O3. The van der Waals surface area contributed by atoms with Crippen molar-refractivity contribution in [3.8, 4) is 11.5 Å². The third-order valence-electron chi connectivity index (χ3n) is 2.68. The number of fused-ring (bicyclic) bond motifs is 1. The topological polar surface area (TPSA) is 139 Å². The van der Waals surface area contributed by atoms with Gasteiger partial charge in [0.05, 0.1) is 12.5 Å². The lowest BCUT2D eigenvalue weighted by Gasteiger charge is -1.99. The number of rotatable bonds is 3. The van der Waals surface area contributed by atoms with E-state index in [1.165, 1.54) is 30.7 Å². The largest absolute Gasteiger partial charge is 0.508 e. The van der Waals surface area contributed by atoms with Crippen LogP contribution < -0.4 is 11.0 Å². The normalized spacial score (nSPS) is 11.2. The van der Waals surface area contributed by atoms with E-state index in [-0.39, 0.29) is 34.2 Å². The van der Waals surface area contributed by atoms with Gasteiger partial charge >= 0.3 is 0 Å². The first kappa shape index (κ1) is 12.7. The third-order valence-corrected chi connectivity index (χ3v) is 2.68. The number of phenols is 2. The molecule has 0 atom stereocenters. The number of H-pyrrole nitrogens is 2. The zero-order valence-corrected chi connectivity index (χ0v) is 10.5. The number of aromatic nitrogens is 4. The number of hydrazone groups is 1. The number of hydrogen-bond donors (Lipinski definition) is 5. The summed E-state index contributed by atoms with van der Waals surface area (Å²) in [5.74, 6) is 0.0900. The average molecular weight is 286 g/mol. The number of nitrogens with one attached hydrogen (secondary N) is 3. The third kappa shape index (κ3) is 2.52. The molecule has 9 heteroatoms. The van der Waals surface area contributed by atoms with E-state index >= 15 is 0 Å². The van der Waals surface area contributed by atoms with Gasteiger partial charge in [-0.15, -0.1) is 0 Å². The molecular weight excluding hydrogens is 276 g/mol. The fourth-order valence-electron chi connectivity index (χ4n) is 1.70. The summed E-state index contributed by atoms with van der Waals surface area (Å²) in [6.45, 7) is 0. The standard InChI is InChI=1S/C12H10N6O3/c19-7-2-1-6(8(20)3-7)4-15-18-12-16-9-10(17-12)13-5-14-11(9)21/h1-5,19-20H,(H3,13,14,16,17,18,21). The van der Waals surface area contributed by atoms with Crippen LogP contribution in [0, 0.1) is 0 Å². The van der Waals surface area contributed by atoms with Crippen LogP contribution in [0.15, 0.2) is 34.4 Å². The fraction of sp³-hybridized carbons (Fsp3) is 0. The summed E-state index contributed by atoms with van der Waals surface area (Å²) < 4.78 is 0. The van der Waals surface area contributed by atoms with Crippen molar-refractivity contribution in [2.24, 2.45) is 5.10 Å². The first-order chi connectivity index (χ1) is 10.1. The van der Waals surface area contributed by atoms with Gasteiger partial charge in [0.2, 0.25) is 5.95 Å². The Balaban J connectivity index is 1.81. The maximum atomic E-state index is 11.5.